The van der Waals surface area contributed by atoms with Crippen molar-refractivity contribution >= 4 is 12.1 Å². The summed E-state index contributed by atoms with van der Waals surface area (Å²) in [6.45, 7) is 6.89. The number of carbonyl (C=O) groups excluding carboxylic acids is 1. The monoisotopic (exact) mass is 258 g/mol. The standard InChI is InChI=1S/C12H22N2O4/c1-12(2,3)18-11(17)13-5-8-6-14(4)7-9(8)10(15)16/h8-9H,5-7H2,1-4H3,(H,13,17)(H,15,16)/t8-,9-/m1/s1. The Kier molecular flexibility index (Phi) is 4.56. The van der Waals surface area contributed by atoms with Gasteiger partial charge in [-0.3, -0.25) is 4.79 Å². The van der Waals surface area contributed by atoms with E-state index in [1.54, 1.807) is 20.8 Å². The van der Waals surface area contributed by atoms with Crippen molar-refractivity contribution in [3.63, 3.8) is 0 Å². The summed E-state index contributed by atoms with van der Waals surface area (Å²) >= 11 is 0. The fourth-order valence-corrected chi connectivity index (χ4v) is 2.10. The maximum absolute atomic E-state index is 11.5. The number of amides is 1. The van der Waals surface area contributed by atoms with E-state index < -0.39 is 23.6 Å². The van der Waals surface area contributed by atoms with Gasteiger partial charge in [0, 0.05) is 25.6 Å². The van der Waals surface area contributed by atoms with Crippen LogP contribution < -0.4 is 5.32 Å². The highest BCUT2D eigenvalue weighted by Crippen LogP contribution is 2.21. The first-order valence-corrected chi connectivity index (χ1v) is 6.07. The third-order valence-electron chi connectivity index (χ3n) is 2.85. The summed E-state index contributed by atoms with van der Waals surface area (Å²) in [4.78, 5) is 24.5. The highest BCUT2D eigenvalue weighted by Gasteiger charge is 2.36. The van der Waals surface area contributed by atoms with Crippen LogP contribution in [0, 0.1) is 11.8 Å². The van der Waals surface area contributed by atoms with Gasteiger partial charge in [-0.1, -0.05) is 0 Å². The van der Waals surface area contributed by atoms with Gasteiger partial charge in [0.25, 0.3) is 0 Å². The molecule has 0 aromatic heterocycles. The zero-order valence-electron chi connectivity index (χ0n) is 11.4. The molecule has 0 saturated carbocycles. The van der Waals surface area contributed by atoms with E-state index in [1.165, 1.54) is 0 Å². The molecule has 6 heteroatoms. The molecule has 0 spiro atoms. The first-order valence-electron chi connectivity index (χ1n) is 6.07. The molecule has 1 heterocycles. The molecular weight excluding hydrogens is 236 g/mol. The normalized spacial score (nSPS) is 24.9. The maximum Gasteiger partial charge on any atom is 0.407 e. The smallest absolute Gasteiger partial charge is 0.407 e. The Balaban J connectivity index is 2.43. The minimum absolute atomic E-state index is 0.0694. The van der Waals surface area contributed by atoms with Crippen LogP contribution in [-0.2, 0) is 9.53 Å². The lowest BCUT2D eigenvalue weighted by molar-refractivity contribution is -0.142. The van der Waals surface area contributed by atoms with E-state index in [2.05, 4.69) is 5.32 Å². The van der Waals surface area contributed by atoms with Crippen LogP contribution in [0.2, 0.25) is 0 Å². The van der Waals surface area contributed by atoms with E-state index in [0.717, 1.165) is 0 Å². The second kappa shape index (κ2) is 5.56. The molecule has 1 aliphatic rings. The van der Waals surface area contributed by atoms with E-state index in [-0.39, 0.29) is 5.92 Å². The summed E-state index contributed by atoms with van der Waals surface area (Å²) in [6.07, 6.45) is -0.499. The maximum atomic E-state index is 11.5. The highest BCUT2D eigenvalue weighted by atomic mass is 16.6. The van der Waals surface area contributed by atoms with Crippen molar-refractivity contribution in [3.8, 4) is 0 Å². The predicted molar refractivity (Wildman–Crippen MR) is 66.3 cm³/mol. The van der Waals surface area contributed by atoms with E-state index >= 15 is 0 Å². The molecule has 0 aromatic carbocycles. The molecule has 0 aromatic rings. The van der Waals surface area contributed by atoms with E-state index in [1.807, 2.05) is 11.9 Å². The van der Waals surface area contributed by atoms with Gasteiger partial charge in [-0.15, -0.1) is 0 Å². The largest absolute Gasteiger partial charge is 0.481 e. The SMILES string of the molecule is CN1C[C@@H](CNC(=O)OC(C)(C)C)[C@H](C(=O)O)C1. The minimum atomic E-state index is -0.810. The highest BCUT2D eigenvalue weighted by molar-refractivity contribution is 5.71. The van der Waals surface area contributed by atoms with Gasteiger partial charge in [0.05, 0.1) is 5.92 Å². The van der Waals surface area contributed by atoms with Gasteiger partial charge in [0.15, 0.2) is 0 Å². The molecule has 104 valence electrons. The first-order chi connectivity index (χ1) is 8.19. The zero-order valence-corrected chi connectivity index (χ0v) is 11.4. The number of carboxylic acids is 1. The quantitative estimate of drug-likeness (QED) is 0.782. The van der Waals surface area contributed by atoms with E-state index in [0.29, 0.717) is 19.6 Å². The number of hydrogen-bond acceptors (Lipinski definition) is 4. The number of hydrogen-bond donors (Lipinski definition) is 2. The van der Waals surface area contributed by atoms with Crippen molar-refractivity contribution < 1.29 is 19.4 Å². The van der Waals surface area contributed by atoms with Crippen LogP contribution in [0.25, 0.3) is 0 Å². The summed E-state index contributed by atoms with van der Waals surface area (Å²) < 4.78 is 5.11. The molecule has 1 rings (SSSR count). The van der Waals surface area contributed by atoms with Gasteiger partial charge in [-0.2, -0.15) is 0 Å². The molecule has 0 aliphatic carbocycles. The van der Waals surface area contributed by atoms with Crippen molar-refractivity contribution in [1.82, 2.24) is 10.2 Å². The third-order valence-corrected chi connectivity index (χ3v) is 2.85. The average Bonchev–Trinajstić information content (AvgIpc) is 2.54. The number of likely N-dealkylation sites (tertiary alicyclic amines) is 1. The molecule has 2 atom stereocenters. The van der Waals surface area contributed by atoms with Crippen LogP contribution in [-0.4, -0.2) is 54.4 Å². The molecule has 1 saturated heterocycles. The fourth-order valence-electron chi connectivity index (χ4n) is 2.10. The number of nitrogens with zero attached hydrogens (tertiary/aromatic N) is 1. The number of nitrogens with one attached hydrogen (secondary N) is 1. The van der Waals surface area contributed by atoms with Crippen molar-refractivity contribution in [2.75, 3.05) is 26.7 Å². The Labute approximate surface area is 107 Å². The van der Waals surface area contributed by atoms with E-state index in [4.69, 9.17) is 9.84 Å². The molecule has 18 heavy (non-hydrogen) atoms. The summed E-state index contributed by atoms with van der Waals surface area (Å²) in [5.74, 6) is -1.31. The lowest BCUT2D eigenvalue weighted by Gasteiger charge is -2.21. The summed E-state index contributed by atoms with van der Waals surface area (Å²) in [6, 6.07) is 0. The molecule has 0 unspecified atom stereocenters. The Morgan fingerprint density at radius 1 is 1.39 bits per heavy atom. The lowest BCUT2D eigenvalue weighted by Crippen LogP contribution is -2.38. The van der Waals surface area contributed by atoms with Gasteiger partial charge in [0.1, 0.15) is 5.60 Å². The zero-order chi connectivity index (χ0) is 13.9. The van der Waals surface area contributed by atoms with Crippen LogP contribution in [0.15, 0.2) is 0 Å². The van der Waals surface area contributed by atoms with Crippen LogP contribution in [0.3, 0.4) is 0 Å². The number of aliphatic carboxylic acids is 1. The molecule has 0 bridgehead atoms. The van der Waals surface area contributed by atoms with E-state index in [9.17, 15) is 9.59 Å². The molecule has 2 N–H and O–H groups in total. The first kappa shape index (κ1) is 14.8. The lowest BCUT2D eigenvalue weighted by atomic mass is 9.96. The molecular formula is C12H22N2O4. The van der Waals surface area contributed by atoms with Crippen LogP contribution in [0.4, 0.5) is 4.79 Å². The Bertz CT molecular complexity index is 325. The van der Waals surface area contributed by atoms with Crippen molar-refractivity contribution in [1.29, 1.82) is 0 Å². The Morgan fingerprint density at radius 3 is 2.50 bits per heavy atom. The summed E-state index contributed by atoms with van der Waals surface area (Å²) in [7, 11) is 1.88. The molecule has 6 nitrogen and oxygen atoms in total. The van der Waals surface area contributed by atoms with Gasteiger partial charge >= 0.3 is 12.1 Å². The summed E-state index contributed by atoms with van der Waals surface area (Å²) in [5, 5.41) is 11.7. The molecule has 1 amide bonds. The van der Waals surface area contributed by atoms with Gasteiger partial charge in [-0.05, 0) is 27.8 Å². The molecule has 1 aliphatic heterocycles. The van der Waals surface area contributed by atoms with Gasteiger partial charge in [0.2, 0.25) is 0 Å². The van der Waals surface area contributed by atoms with Crippen LogP contribution in [0.5, 0.6) is 0 Å². The number of carboxylic acid groups (broad SMARTS) is 1. The topological polar surface area (TPSA) is 78.9 Å². The van der Waals surface area contributed by atoms with Crippen molar-refractivity contribution in [3.05, 3.63) is 0 Å². The second-order valence-electron chi connectivity index (χ2n) is 5.81. The Morgan fingerprint density at radius 2 is 2.00 bits per heavy atom. The number of ether oxygens (including phenoxy) is 1. The van der Waals surface area contributed by atoms with Crippen LogP contribution >= 0.6 is 0 Å². The molecule has 1 fully saturated rings. The summed E-state index contributed by atoms with van der Waals surface area (Å²) in [5.41, 5.74) is -0.539. The molecule has 0 radical (unpaired) electrons. The van der Waals surface area contributed by atoms with Crippen molar-refractivity contribution in [2.24, 2.45) is 11.8 Å². The number of alkyl carbamates (subject to hydrolysis) is 1. The second-order valence-corrected chi connectivity index (χ2v) is 5.81. The van der Waals surface area contributed by atoms with Gasteiger partial charge in [-0.25, -0.2) is 4.79 Å². The minimum Gasteiger partial charge on any atom is -0.481 e. The predicted octanol–water partition coefficient (Wildman–Crippen LogP) is 0.773. The number of rotatable bonds is 3. The Hall–Kier alpha value is -1.30. The van der Waals surface area contributed by atoms with Gasteiger partial charge < -0.3 is 20.1 Å². The van der Waals surface area contributed by atoms with Crippen LogP contribution in [0.1, 0.15) is 20.8 Å². The number of carbonyl (C=O) groups is 2. The third kappa shape index (κ3) is 4.52. The average molecular weight is 258 g/mol. The van der Waals surface area contributed by atoms with Crippen molar-refractivity contribution in [2.45, 2.75) is 26.4 Å². The fraction of sp³-hybridized carbons (Fsp3) is 0.833.